The van der Waals surface area contributed by atoms with E-state index in [9.17, 15) is 0 Å². The Labute approximate surface area is 132 Å². The zero-order valence-electron chi connectivity index (χ0n) is 13.0. The average Bonchev–Trinajstić information content (AvgIpc) is 2.81. The molecule has 0 unspecified atom stereocenters. The van der Waals surface area contributed by atoms with Crippen LogP contribution in [0.15, 0.2) is 24.3 Å². The number of nitriles is 1. The van der Waals surface area contributed by atoms with Crippen molar-refractivity contribution in [3.63, 3.8) is 0 Å². The molecule has 1 aromatic rings. The second-order valence-corrected chi connectivity index (χ2v) is 6.24. The van der Waals surface area contributed by atoms with Gasteiger partial charge in [0.25, 0.3) is 0 Å². The number of benzene rings is 1. The summed E-state index contributed by atoms with van der Waals surface area (Å²) in [7, 11) is 0. The molecule has 0 aromatic heterocycles. The van der Waals surface area contributed by atoms with Crippen LogP contribution in [0.2, 0.25) is 0 Å². The lowest BCUT2D eigenvalue weighted by atomic mass is 10.0. The Morgan fingerprint density at radius 3 is 3.00 bits per heavy atom. The van der Waals surface area contributed by atoms with E-state index in [0.29, 0.717) is 12.2 Å². The zero-order chi connectivity index (χ0) is 15.2. The van der Waals surface area contributed by atoms with Crippen molar-refractivity contribution in [2.75, 3.05) is 32.8 Å². The van der Waals surface area contributed by atoms with Crippen LogP contribution in [-0.2, 0) is 15.9 Å². The van der Waals surface area contributed by atoms with Crippen LogP contribution in [0.3, 0.4) is 0 Å². The molecule has 118 valence electrons. The molecule has 2 saturated heterocycles. The summed E-state index contributed by atoms with van der Waals surface area (Å²) in [5.41, 5.74) is 1.93. The normalized spacial score (nSPS) is 26.5. The van der Waals surface area contributed by atoms with Gasteiger partial charge in [-0.25, -0.2) is 0 Å². The molecule has 0 spiro atoms. The number of rotatable bonds is 4. The number of nitrogens with zero attached hydrogens (tertiary/aromatic N) is 2. The summed E-state index contributed by atoms with van der Waals surface area (Å²) < 4.78 is 11.7. The lowest BCUT2D eigenvalue weighted by Crippen LogP contribution is -2.34. The van der Waals surface area contributed by atoms with Gasteiger partial charge in [-0.2, -0.15) is 5.26 Å². The monoisotopic (exact) mass is 300 g/mol. The van der Waals surface area contributed by atoms with E-state index in [1.807, 2.05) is 18.2 Å². The zero-order valence-corrected chi connectivity index (χ0v) is 13.0. The highest BCUT2D eigenvalue weighted by molar-refractivity contribution is 5.33. The molecule has 0 radical (unpaired) electrons. The van der Waals surface area contributed by atoms with Crippen molar-refractivity contribution < 1.29 is 9.47 Å². The molecule has 2 aliphatic heterocycles. The molecule has 22 heavy (non-hydrogen) atoms. The van der Waals surface area contributed by atoms with Crippen LogP contribution >= 0.6 is 0 Å². The largest absolute Gasteiger partial charge is 0.380 e. The number of hydrogen-bond acceptors (Lipinski definition) is 4. The molecular weight excluding hydrogens is 276 g/mol. The van der Waals surface area contributed by atoms with Gasteiger partial charge in [-0.05, 0) is 43.4 Å². The lowest BCUT2D eigenvalue weighted by Gasteiger charge is -2.23. The topological polar surface area (TPSA) is 45.5 Å². The van der Waals surface area contributed by atoms with Gasteiger partial charge in [0, 0.05) is 26.2 Å². The molecule has 2 aliphatic rings. The van der Waals surface area contributed by atoms with Crippen molar-refractivity contribution >= 4 is 0 Å². The number of hydrogen-bond donors (Lipinski definition) is 0. The third-order valence-corrected chi connectivity index (χ3v) is 4.49. The predicted octanol–water partition coefficient (Wildman–Crippen LogP) is 2.37. The maximum absolute atomic E-state index is 8.97. The Bertz CT molecular complexity index is 518. The van der Waals surface area contributed by atoms with Crippen LogP contribution in [-0.4, -0.2) is 50.0 Å². The molecule has 0 amide bonds. The van der Waals surface area contributed by atoms with E-state index in [1.165, 1.54) is 5.56 Å². The summed E-state index contributed by atoms with van der Waals surface area (Å²) in [6.07, 6.45) is 4.93. The molecule has 2 heterocycles. The molecule has 2 atom stereocenters. The van der Waals surface area contributed by atoms with E-state index >= 15 is 0 Å². The van der Waals surface area contributed by atoms with Gasteiger partial charge in [0.05, 0.1) is 30.4 Å². The first kappa shape index (κ1) is 15.5. The Hall–Kier alpha value is -1.41. The van der Waals surface area contributed by atoms with Crippen LogP contribution in [0.5, 0.6) is 0 Å². The van der Waals surface area contributed by atoms with Crippen molar-refractivity contribution in [1.29, 1.82) is 5.26 Å². The van der Waals surface area contributed by atoms with E-state index in [-0.39, 0.29) is 0 Å². The van der Waals surface area contributed by atoms with Crippen LogP contribution in [0.4, 0.5) is 0 Å². The van der Waals surface area contributed by atoms with Gasteiger partial charge in [0.2, 0.25) is 0 Å². The minimum absolute atomic E-state index is 0.294. The Morgan fingerprint density at radius 2 is 2.09 bits per heavy atom. The van der Waals surface area contributed by atoms with Crippen molar-refractivity contribution in [3.05, 3.63) is 35.4 Å². The summed E-state index contributed by atoms with van der Waals surface area (Å²) in [6, 6.07) is 10.1. The van der Waals surface area contributed by atoms with Crippen LogP contribution in [0.25, 0.3) is 0 Å². The van der Waals surface area contributed by atoms with Crippen molar-refractivity contribution in [1.82, 2.24) is 4.90 Å². The van der Waals surface area contributed by atoms with Gasteiger partial charge in [0.15, 0.2) is 0 Å². The molecule has 4 nitrogen and oxygen atoms in total. The Kier molecular flexibility index (Phi) is 5.44. The fourth-order valence-electron chi connectivity index (χ4n) is 3.36. The third kappa shape index (κ3) is 4.30. The summed E-state index contributed by atoms with van der Waals surface area (Å²) >= 11 is 0. The molecule has 2 fully saturated rings. The van der Waals surface area contributed by atoms with E-state index in [0.717, 1.165) is 64.1 Å². The fourth-order valence-corrected chi connectivity index (χ4v) is 3.36. The minimum Gasteiger partial charge on any atom is -0.380 e. The SMILES string of the molecule is N#Cc1cccc(C[C@@H]2CC[C@H](CN3CCCOCC3)O2)c1. The predicted molar refractivity (Wildman–Crippen MR) is 84.6 cm³/mol. The van der Waals surface area contributed by atoms with Gasteiger partial charge in [0.1, 0.15) is 0 Å². The van der Waals surface area contributed by atoms with E-state index in [2.05, 4.69) is 17.0 Å². The highest BCUT2D eigenvalue weighted by Crippen LogP contribution is 2.24. The summed E-state index contributed by atoms with van der Waals surface area (Å²) in [4.78, 5) is 2.47. The standard InChI is InChI=1S/C18H24N2O2/c19-13-16-4-1-3-15(11-16)12-17-5-6-18(22-17)14-20-7-2-9-21-10-8-20/h1,3-4,11,17-18H,2,5-10,12,14H2/t17-,18+/m0/s1. The van der Waals surface area contributed by atoms with Crippen molar-refractivity contribution in [2.45, 2.75) is 37.9 Å². The van der Waals surface area contributed by atoms with Crippen molar-refractivity contribution in [3.8, 4) is 6.07 Å². The van der Waals surface area contributed by atoms with Crippen LogP contribution in [0.1, 0.15) is 30.4 Å². The maximum atomic E-state index is 8.97. The second kappa shape index (κ2) is 7.73. The molecule has 3 rings (SSSR count). The Balaban J connectivity index is 1.48. The van der Waals surface area contributed by atoms with E-state index in [4.69, 9.17) is 14.7 Å². The van der Waals surface area contributed by atoms with Crippen LogP contribution in [0, 0.1) is 11.3 Å². The molecule has 0 N–H and O–H groups in total. The lowest BCUT2D eigenvalue weighted by molar-refractivity contribution is 0.0228. The molecule has 0 aliphatic carbocycles. The Morgan fingerprint density at radius 1 is 1.18 bits per heavy atom. The summed E-state index contributed by atoms with van der Waals surface area (Å²) in [6.45, 7) is 4.90. The smallest absolute Gasteiger partial charge is 0.0991 e. The first-order valence-corrected chi connectivity index (χ1v) is 8.28. The summed E-state index contributed by atoms with van der Waals surface area (Å²) in [5.74, 6) is 0. The second-order valence-electron chi connectivity index (χ2n) is 6.24. The van der Waals surface area contributed by atoms with Crippen LogP contribution < -0.4 is 0 Å². The van der Waals surface area contributed by atoms with Crippen molar-refractivity contribution in [2.24, 2.45) is 0 Å². The number of ether oxygens (including phenoxy) is 2. The fraction of sp³-hybridized carbons (Fsp3) is 0.611. The minimum atomic E-state index is 0.294. The van der Waals surface area contributed by atoms with Gasteiger partial charge in [-0.3, -0.25) is 4.90 Å². The van der Waals surface area contributed by atoms with Gasteiger partial charge in [-0.1, -0.05) is 12.1 Å². The third-order valence-electron chi connectivity index (χ3n) is 4.49. The quantitative estimate of drug-likeness (QED) is 0.856. The molecular formula is C18H24N2O2. The first-order valence-electron chi connectivity index (χ1n) is 8.28. The average molecular weight is 300 g/mol. The molecule has 0 saturated carbocycles. The molecule has 1 aromatic carbocycles. The highest BCUT2D eigenvalue weighted by Gasteiger charge is 2.27. The molecule has 0 bridgehead atoms. The van der Waals surface area contributed by atoms with E-state index < -0.39 is 0 Å². The summed E-state index contributed by atoms with van der Waals surface area (Å²) in [5, 5.41) is 8.97. The first-order chi connectivity index (χ1) is 10.8. The molecule has 4 heteroatoms. The van der Waals surface area contributed by atoms with Gasteiger partial charge >= 0.3 is 0 Å². The van der Waals surface area contributed by atoms with E-state index in [1.54, 1.807) is 0 Å². The van der Waals surface area contributed by atoms with Gasteiger partial charge < -0.3 is 9.47 Å². The van der Waals surface area contributed by atoms with Gasteiger partial charge in [-0.15, -0.1) is 0 Å². The highest BCUT2D eigenvalue weighted by atomic mass is 16.5. The maximum Gasteiger partial charge on any atom is 0.0991 e.